The van der Waals surface area contributed by atoms with Crippen molar-refractivity contribution in [2.75, 3.05) is 26.3 Å². The first-order valence-electron chi connectivity index (χ1n) is 5.90. The zero-order valence-electron chi connectivity index (χ0n) is 10.3. The summed E-state index contributed by atoms with van der Waals surface area (Å²) in [5.74, 6) is -0.0219. The third kappa shape index (κ3) is 3.98. The van der Waals surface area contributed by atoms with Crippen molar-refractivity contribution in [1.29, 1.82) is 0 Å². The largest absolute Gasteiger partial charge is 0.450 e. The van der Waals surface area contributed by atoms with Gasteiger partial charge in [-0.2, -0.15) is 0 Å². The topological polar surface area (TPSA) is 78.9 Å². The SMILES string of the molecule is CCOC(=O)NC(=O)CN1CCC(C)C1CO. The lowest BCUT2D eigenvalue weighted by Crippen LogP contribution is -2.44. The Bertz CT molecular complexity index is 283. The number of likely N-dealkylation sites (tertiary alicyclic amines) is 1. The summed E-state index contributed by atoms with van der Waals surface area (Å²) in [6, 6.07) is 0.00273. The van der Waals surface area contributed by atoms with Gasteiger partial charge < -0.3 is 9.84 Å². The van der Waals surface area contributed by atoms with Crippen LogP contribution in [-0.2, 0) is 9.53 Å². The summed E-state index contributed by atoms with van der Waals surface area (Å²) in [6.07, 6.45) is 0.239. The van der Waals surface area contributed by atoms with Gasteiger partial charge in [-0.1, -0.05) is 6.92 Å². The third-order valence-electron chi connectivity index (χ3n) is 3.05. The molecule has 1 aliphatic heterocycles. The predicted octanol–water partition coefficient (Wildman–Crippen LogP) is -0.0382. The Kier molecular flexibility index (Phi) is 5.37. The molecule has 6 nitrogen and oxygen atoms in total. The number of aliphatic hydroxyl groups is 1. The third-order valence-corrected chi connectivity index (χ3v) is 3.05. The normalized spacial score (nSPS) is 24.6. The summed E-state index contributed by atoms with van der Waals surface area (Å²) >= 11 is 0. The number of nitrogens with zero attached hydrogens (tertiary/aromatic N) is 1. The van der Waals surface area contributed by atoms with Gasteiger partial charge in [0.05, 0.1) is 19.8 Å². The zero-order valence-corrected chi connectivity index (χ0v) is 10.3. The van der Waals surface area contributed by atoms with Crippen molar-refractivity contribution in [3.05, 3.63) is 0 Å². The van der Waals surface area contributed by atoms with E-state index >= 15 is 0 Å². The smallest absolute Gasteiger partial charge is 0.413 e. The van der Waals surface area contributed by atoms with Crippen LogP contribution in [0.2, 0.25) is 0 Å². The van der Waals surface area contributed by atoms with Gasteiger partial charge in [0.15, 0.2) is 0 Å². The van der Waals surface area contributed by atoms with Gasteiger partial charge in [-0.3, -0.25) is 15.0 Å². The molecule has 17 heavy (non-hydrogen) atoms. The van der Waals surface area contributed by atoms with Crippen molar-refractivity contribution in [2.24, 2.45) is 5.92 Å². The van der Waals surface area contributed by atoms with Crippen molar-refractivity contribution in [2.45, 2.75) is 26.3 Å². The lowest BCUT2D eigenvalue weighted by atomic mass is 10.0. The maximum absolute atomic E-state index is 11.5. The average molecular weight is 244 g/mol. The molecule has 2 atom stereocenters. The van der Waals surface area contributed by atoms with E-state index in [1.807, 2.05) is 11.8 Å². The molecule has 0 bridgehead atoms. The molecule has 0 aromatic heterocycles. The maximum Gasteiger partial charge on any atom is 0.413 e. The fraction of sp³-hybridized carbons (Fsp3) is 0.818. The Morgan fingerprint density at radius 1 is 1.53 bits per heavy atom. The number of aliphatic hydroxyl groups excluding tert-OH is 1. The van der Waals surface area contributed by atoms with Gasteiger partial charge >= 0.3 is 6.09 Å². The average Bonchev–Trinajstić information content (AvgIpc) is 2.59. The molecule has 0 aliphatic carbocycles. The van der Waals surface area contributed by atoms with E-state index in [9.17, 15) is 14.7 Å². The van der Waals surface area contributed by atoms with E-state index in [-0.39, 0.29) is 25.8 Å². The molecule has 1 heterocycles. The first-order chi connectivity index (χ1) is 8.08. The second kappa shape index (κ2) is 6.56. The second-order valence-electron chi connectivity index (χ2n) is 4.26. The van der Waals surface area contributed by atoms with Crippen molar-refractivity contribution < 1.29 is 19.4 Å². The quantitative estimate of drug-likeness (QED) is 0.725. The molecule has 1 aliphatic rings. The van der Waals surface area contributed by atoms with Gasteiger partial charge in [0.1, 0.15) is 0 Å². The van der Waals surface area contributed by atoms with Crippen molar-refractivity contribution in [3.8, 4) is 0 Å². The molecule has 1 fully saturated rings. The maximum atomic E-state index is 11.5. The molecule has 2 amide bonds. The Morgan fingerprint density at radius 2 is 2.24 bits per heavy atom. The number of nitrogens with one attached hydrogen (secondary N) is 1. The van der Waals surface area contributed by atoms with Crippen molar-refractivity contribution in [3.63, 3.8) is 0 Å². The molecular weight excluding hydrogens is 224 g/mol. The molecule has 1 saturated heterocycles. The van der Waals surface area contributed by atoms with E-state index in [0.717, 1.165) is 13.0 Å². The van der Waals surface area contributed by atoms with E-state index in [1.165, 1.54) is 0 Å². The predicted molar refractivity (Wildman–Crippen MR) is 61.4 cm³/mol. The summed E-state index contributed by atoms with van der Waals surface area (Å²) in [6.45, 7) is 4.88. The summed E-state index contributed by atoms with van der Waals surface area (Å²) < 4.78 is 4.61. The molecule has 0 aromatic carbocycles. The monoisotopic (exact) mass is 244 g/mol. The minimum atomic E-state index is -0.717. The van der Waals surface area contributed by atoms with E-state index in [2.05, 4.69) is 10.1 Å². The highest BCUT2D eigenvalue weighted by atomic mass is 16.5. The van der Waals surface area contributed by atoms with Crippen LogP contribution in [0.5, 0.6) is 0 Å². The number of carbonyl (C=O) groups is 2. The number of hydrogen-bond donors (Lipinski definition) is 2. The molecule has 0 aromatic rings. The fourth-order valence-electron chi connectivity index (χ4n) is 2.08. The Balaban J connectivity index is 2.38. The standard InChI is InChI=1S/C11H20N2O4/c1-3-17-11(16)12-10(15)6-13-5-4-8(2)9(13)7-14/h8-9,14H,3-7H2,1-2H3,(H,12,15,16). The Morgan fingerprint density at radius 3 is 2.82 bits per heavy atom. The zero-order chi connectivity index (χ0) is 12.8. The highest BCUT2D eigenvalue weighted by Gasteiger charge is 2.31. The van der Waals surface area contributed by atoms with Gasteiger partial charge in [0.2, 0.25) is 5.91 Å². The summed E-state index contributed by atoms with van der Waals surface area (Å²) in [5.41, 5.74) is 0. The molecule has 0 saturated carbocycles. The van der Waals surface area contributed by atoms with Crippen LogP contribution >= 0.6 is 0 Å². The molecule has 98 valence electrons. The first-order valence-corrected chi connectivity index (χ1v) is 5.90. The minimum absolute atomic E-state index is 0.00273. The van der Waals surface area contributed by atoms with E-state index in [4.69, 9.17) is 0 Å². The van der Waals surface area contributed by atoms with Gasteiger partial charge in [0, 0.05) is 6.04 Å². The van der Waals surface area contributed by atoms with Crippen LogP contribution in [0, 0.1) is 5.92 Å². The van der Waals surface area contributed by atoms with Crippen LogP contribution in [0.15, 0.2) is 0 Å². The van der Waals surface area contributed by atoms with E-state index < -0.39 is 12.0 Å². The van der Waals surface area contributed by atoms with E-state index in [1.54, 1.807) is 6.92 Å². The lowest BCUT2D eigenvalue weighted by Gasteiger charge is -2.23. The number of hydrogen-bond acceptors (Lipinski definition) is 5. The number of rotatable bonds is 4. The number of carbonyl (C=O) groups excluding carboxylic acids is 2. The molecule has 0 radical (unpaired) electrons. The lowest BCUT2D eigenvalue weighted by molar-refractivity contribution is -0.122. The first kappa shape index (κ1) is 13.9. The molecular formula is C11H20N2O4. The van der Waals surface area contributed by atoms with E-state index in [0.29, 0.717) is 5.92 Å². The van der Waals surface area contributed by atoms with Crippen LogP contribution in [0.4, 0.5) is 4.79 Å². The van der Waals surface area contributed by atoms with Gasteiger partial charge in [-0.05, 0) is 25.8 Å². The summed E-state index contributed by atoms with van der Waals surface area (Å²) in [7, 11) is 0. The molecule has 0 spiro atoms. The number of alkyl carbamates (subject to hydrolysis) is 1. The molecule has 6 heteroatoms. The summed E-state index contributed by atoms with van der Waals surface area (Å²) in [5, 5.41) is 11.4. The van der Waals surface area contributed by atoms with Crippen LogP contribution in [0.3, 0.4) is 0 Å². The van der Waals surface area contributed by atoms with Crippen molar-refractivity contribution >= 4 is 12.0 Å². The molecule has 2 N–H and O–H groups in total. The van der Waals surface area contributed by atoms with Gasteiger partial charge in [0.25, 0.3) is 0 Å². The highest BCUT2D eigenvalue weighted by Crippen LogP contribution is 2.22. The van der Waals surface area contributed by atoms with Crippen molar-refractivity contribution in [1.82, 2.24) is 10.2 Å². The van der Waals surface area contributed by atoms with Crippen LogP contribution in [-0.4, -0.2) is 54.4 Å². The minimum Gasteiger partial charge on any atom is -0.450 e. The highest BCUT2D eigenvalue weighted by molar-refractivity contribution is 5.92. The van der Waals surface area contributed by atoms with Gasteiger partial charge in [-0.25, -0.2) is 4.79 Å². The molecule has 1 rings (SSSR count). The van der Waals surface area contributed by atoms with Crippen LogP contribution < -0.4 is 5.32 Å². The molecule has 2 unspecified atom stereocenters. The van der Waals surface area contributed by atoms with Crippen LogP contribution in [0.25, 0.3) is 0 Å². The second-order valence-corrected chi connectivity index (χ2v) is 4.26. The number of imide groups is 1. The fourth-order valence-corrected chi connectivity index (χ4v) is 2.08. The van der Waals surface area contributed by atoms with Crippen LogP contribution in [0.1, 0.15) is 20.3 Å². The Hall–Kier alpha value is -1.14. The van der Waals surface area contributed by atoms with Gasteiger partial charge in [-0.15, -0.1) is 0 Å². The summed E-state index contributed by atoms with van der Waals surface area (Å²) in [4.78, 5) is 24.4. The number of ether oxygens (including phenoxy) is 1. The Labute approximate surface area is 101 Å². The number of amides is 2.